The summed E-state index contributed by atoms with van der Waals surface area (Å²) in [6.45, 7) is 0. The molecule has 0 bridgehead atoms. The Balaban J connectivity index is 1.40. The van der Waals surface area contributed by atoms with Crippen molar-refractivity contribution in [3.63, 3.8) is 0 Å². The summed E-state index contributed by atoms with van der Waals surface area (Å²) in [7, 11) is 0. The standard InChI is InChI=1S/C18H13F3N4O3/c19-18(20,21)27-12-3-1-11(2-4-12)16-9-17(25-28-16)26-13-5-6-14(22-10-13)15-7-8-23-24-15/h1-10,16,25H,(H,23,24)/t16-/m1/s1. The minimum absolute atomic E-state index is 0.300. The number of aromatic nitrogens is 3. The number of alkyl halides is 3. The molecule has 0 amide bonds. The molecule has 28 heavy (non-hydrogen) atoms. The van der Waals surface area contributed by atoms with Crippen molar-refractivity contribution in [1.82, 2.24) is 20.7 Å². The lowest BCUT2D eigenvalue weighted by atomic mass is 10.1. The molecule has 0 aliphatic carbocycles. The van der Waals surface area contributed by atoms with E-state index in [2.05, 4.69) is 25.4 Å². The van der Waals surface area contributed by atoms with Crippen molar-refractivity contribution in [2.45, 2.75) is 12.5 Å². The quantitative estimate of drug-likeness (QED) is 0.689. The first-order valence-electron chi connectivity index (χ1n) is 8.09. The molecule has 1 aliphatic rings. The Morgan fingerprint density at radius 3 is 2.43 bits per heavy atom. The van der Waals surface area contributed by atoms with E-state index < -0.39 is 12.5 Å². The van der Waals surface area contributed by atoms with Gasteiger partial charge >= 0.3 is 6.36 Å². The number of aromatic amines is 1. The van der Waals surface area contributed by atoms with Gasteiger partial charge in [-0.2, -0.15) is 5.10 Å². The lowest BCUT2D eigenvalue weighted by molar-refractivity contribution is -0.274. The van der Waals surface area contributed by atoms with Gasteiger partial charge in [-0.15, -0.1) is 13.2 Å². The van der Waals surface area contributed by atoms with Crippen LogP contribution in [0.2, 0.25) is 0 Å². The molecule has 1 aromatic carbocycles. The molecule has 3 aromatic rings. The van der Waals surface area contributed by atoms with E-state index in [1.165, 1.54) is 24.3 Å². The molecule has 2 N–H and O–H groups in total. The Bertz CT molecular complexity index is 955. The van der Waals surface area contributed by atoms with Gasteiger partial charge in [-0.3, -0.25) is 14.9 Å². The van der Waals surface area contributed by atoms with E-state index >= 15 is 0 Å². The third kappa shape index (κ3) is 4.23. The van der Waals surface area contributed by atoms with E-state index in [4.69, 9.17) is 9.57 Å². The highest BCUT2D eigenvalue weighted by Gasteiger charge is 2.31. The third-order valence-electron chi connectivity index (χ3n) is 3.77. The van der Waals surface area contributed by atoms with Crippen LogP contribution in [-0.2, 0) is 4.84 Å². The van der Waals surface area contributed by atoms with E-state index in [9.17, 15) is 13.2 Å². The second-order valence-corrected chi connectivity index (χ2v) is 5.74. The van der Waals surface area contributed by atoms with Crippen LogP contribution in [0.25, 0.3) is 11.4 Å². The van der Waals surface area contributed by atoms with Crippen molar-refractivity contribution >= 4 is 0 Å². The molecule has 0 saturated heterocycles. The monoisotopic (exact) mass is 390 g/mol. The average molecular weight is 390 g/mol. The first-order chi connectivity index (χ1) is 13.5. The molecule has 1 aliphatic heterocycles. The fourth-order valence-corrected chi connectivity index (χ4v) is 2.53. The number of ether oxygens (including phenoxy) is 2. The summed E-state index contributed by atoms with van der Waals surface area (Å²) in [4.78, 5) is 9.66. The summed E-state index contributed by atoms with van der Waals surface area (Å²) < 4.78 is 46.1. The molecule has 0 saturated carbocycles. The van der Waals surface area contributed by atoms with Gasteiger partial charge in [0.15, 0.2) is 0 Å². The number of rotatable bonds is 5. The Morgan fingerprint density at radius 2 is 1.79 bits per heavy atom. The number of hydrogen-bond donors (Lipinski definition) is 2. The summed E-state index contributed by atoms with van der Waals surface area (Å²) in [5.41, 5.74) is 4.76. The number of benzene rings is 1. The zero-order chi connectivity index (χ0) is 19.6. The molecular weight excluding hydrogens is 377 g/mol. The number of hydrogen-bond acceptors (Lipinski definition) is 6. The second-order valence-electron chi connectivity index (χ2n) is 5.74. The maximum absolute atomic E-state index is 12.2. The van der Waals surface area contributed by atoms with Crippen LogP contribution in [0.1, 0.15) is 11.7 Å². The average Bonchev–Trinajstić information content (AvgIpc) is 3.34. The van der Waals surface area contributed by atoms with E-state index in [1.54, 1.807) is 36.7 Å². The molecule has 4 rings (SSSR count). The Labute approximate surface area is 156 Å². The number of hydroxylamine groups is 1. The lowest BCUT2D eigenvalue weighted by Gasteiger charge is -2.11. The van der Waals surface area contributed by atoms with Gasteiger partial charge in [0.2, 0.25) is 5.88 Å². The van der Waals surface area contributed by atoms with Crippen LogP contribution in [0.3, 0.4) is 0 Å². The maximum Gasteiger partial charge on any atom is 0.573 e. The van der Waals surface area contributed by atoms with Gasteiger partial charge in [0.25, 0.3) is 0 Å². The van der Waals surface area contributed by atoms with Crippen LogP contribution < -0.4 is 15.0 Å². The van der Waals surface area contributed by atoms with Gasteiger partial charge in [0, 0.05) is 12.3 Å². The van der Waals surface area contributed by atoms with Crippen molar-refractivity contribution in [2.75, 3.05) is 0 Å². The molecular formula is C18H13F3N4O3. The minimum atomic E-state index is -4.73. The van der Waals surface area contributed by atoms with E-state index in [0.717, 1.165) is 5.69 Å². The normalized spacial score (nSPS) is 16.4. The summed E-state index contributed by atoms with van der Waals surface area (Å²) >= 11 is 0. The highest BCUT2D eigenvalue weighted by molar-refractivity contribution is 5.53. The zero-order valence-electron chi connectivity index (χ0n) is 14.1. The molecule has 7 nitrogen and oxygen atoms in total. The van der Waals surface area contributed by atoms with Crippen LogP contribution in [0.15, 0.2) is 66.8 Å². The van der Waals surface area contributed by atoms with E-state index in [-0.39, 0.29) is 5.75 Å². The fraction of sp³-hybridized carbons (Fsp3) is 0.111. The van der Waals surface area contributed by atoms with Gasteiger partial charge < -0.3 is 9.47 Å². The number of H-pyrrole nitrogens is 1. The molecule has 0 unspecified atom stereocenters. The second kappa shape index (κ2) is 7.24. The van der Waals surface area contributed by atoms with Crippen LogP contribution >= 0.6 is 0 Å². The first-order valence-corrected chi connectivity index (χ1v) is 8.09. The first kappa shape index (κ1) is 17.9. The zero-order valence-corrected chi connectivity index (χ0v) is 14.1. The summed E-state index contributed by atoms with van der Waals surface area (Å²) in [6.07, 6.45) is -0.410. The molecule has 10 heteroatoms. The van der Waals surface area contributed by atoms with Gasteiger partial charge in [-0.25, -0.2) is 5.48 Å². The molecule has 0 radical (unpaired) electrons. The lowest BCUT2D eigenvalue weighted by Crippen LogP contribution is -2.17. The predicted molar refractivity (Wildman–Crippen MR) is 90.6 cm³/mol. The molecule has 0 fully saturated rings. The highest BCUT2D eigenvalue weighted by Crippen LogP contribution is 2.29. The summed E-state index contributed by atoms with van der Waals surface area (Å²) in [6, 6.07) is 10.7. The van der Waals surface area contributed by atoms with Crippen molar-refractivity contribution in [3.8, 4) is 22.9 Å². The van der Waals surface area contributed by atoms with Crippen molar-refractivity contribution < 1.29 is 27.5 Å². The SMILES string of the molecule is FC(F)(F)Oc1ccc([C@H]2C=C(Oc3ccc(-c4ccn[nH]4)nc3)NO2)cc1. The number of nitrogens with one attached hydrogen (secondary N) is 2. The fourth-order valence-electron chi connectivity index (χ4n) is 2.53. The number of nitrogens with zero attached hydrogens (tertiary/aromatic N) is 2. The molecule has 2 aromatic heterocycles. The molecule has 144 valence electrons. The molecule has 3 heterocycles. The number of pyridine rings is 1. The van der Waals surface area contributed by atoms with E-state index in [0.29, 0.717) is 22.9 Å². The smallest absolute Gasteiger partial charge is 0.438 e. The van der Waals surface area contributed by atoms with Crippen LogP contribution in [0.4, 0.5) is 13.2 Å². The highest BCUT2D eigenvalue weighted by atomic mass is 19.4. The van der Waals surface area contributed by atoms with Crippen LogP contribution in [0.5, 0.6) is 11.5 Å². The Hall–Kier alpha value is -3.53. The maximum atomic E-state index is 12.2. The van der Waals surface area contributed by atoms with Gasteiger partial charge in [-0.1, -0.05) is 12.1 Å². The summed E-state index contributed by atoms with van der Waals surface area (Å²) in [5.74, 6) is 0.531. The van der Waals surface area contributed by atoms with Crippen molar-refractivity contribution in [3.05, 3.63) is 72.4 Å². The Kier molecular flexibility index (Phi) is 4.62. The predicted octanol–water partition coefficient (Wildman–Crippen LogP) is 3.87. The van der Waals surface area contributed by atoms with E-state index in [1.807, 2.05) is 0 Å². The topological polar surface area (TPSA) is 81.3 Å². The Morgan fingerprint density at radius 1 is 1.00 bits per heavy atom. The van der Waals surface area contributed by atoms with Crippen LogP contribution in [-0.4, -0.2) is 21.5 Å². The van der Waals surface area contributed by atoms with Crippen molar-refractivity contribution in [2.24, 2.45) is 0 Å². The largest absolute Gasteiger partial charge is 0.573 e. The van der Waals surface area contributed by atoms with Gasteiger partial charge in [0.1, 0.15) is 17.6 Å². The molecule has 1 atom stereocenters. The van der Waals surface area contributed by atoms with Gasteiger partial charge in [0.05, 0.1) is 17.6 Å². The van der Waals surface area contributed by atoms with Crippen molar-refractivity contribution in [1.29, 1.82) is 0 Å². The van der Waals surface area contributed by atoms with Gasteiger partial charge in [-0.05, 0) is 35.9 Å². The summed E-state index contributed by atoms with van der Waals surface area (Å²) in [5, 5.41) is 6.69. The number of halogens is 3. The van der Waals surface area contributed by atoms with Crippen LogP contribution in [0, 0.1) is 0 Å². The third-order valence-corrected chi connectivity index (χ3v) is 3.77. The minimum Gasteiger partial charge on any atom is -0.438 e. The molecule has 0 spiro atoms.